The Morgan fingerprint density at radius 2 is 1.86 bits per heavy atom. The van der Waals surface area contributed by atoms with Gasteiger partial charge in [0.1, 0.15) is 0 Å². The molecule has 21 heavy (non-hydrogen) atoms. The predicted octanol–water partition coefficient (Wildman–Crippen LogP) is 3.09. The van der Waals surface area contributed by atoms with Crippen LogP contribution in [0.15, 0.2) is 12.1 Å². The molecule has 1 N–H and O–H groups in total. The molecule has 1 aromatic carbocycles. The topological polar surface area (TPSA) is 39.7 Å². The molecule has 0 aliphatic heterocycles. The van der Waals surface area contributed by atoms with E-state index in [-0.39, 0.29) is 0 Å². The van der Waals surface area contributed by atoms with Crippen LogP contribution in [0.1, 0.15) is 24.8 Å². The molecule has 4 nitrogen and oxygen atoms in total. The van der Waals surface area contributed by atoms with Crippen molar-refractivity contribution in [2.24, 2.45) is 0 Å². The van der Waals surface area contributed by atoms with Crippen LogP contribution in [-0.4, -0.2) is 38.9 Å². The zero-order chi connectivity index (χ0) is 15.1. The summed E-state index contributed by atoms with van der Waals surface area (Å²) < 4.78 is 16.8. The molecule has 0 unspecified atom stereocenters. The van der Waals surface area contributed by atoms with Crippen molar-refractivity contribution in [3.8, 4) is 17.2 Å². The van der Waals surface area contributed by atoms with Gasteiger partial charge in [-0.3, -0.25) is 0 Å². The molecule has 0 bridgehead atoms. The Morgan fingerprint density at radius 1 is 1.19 bits per heavy atom. The lowest BCUT2D eigenvalue weighted by Gasteiger charge is -2.16. The number of hydrogen-bond acceptors (Lipinski definition) is 5. The Balaban J connectivity index is 2.05. The van der Waals surface area contributed by atoms with E-state index in [2.05, 4.69) is 11.6 Å². The zero-order valence-corrected chi connectivity index (χ0v) is 13.9. The number of thioether (sulfide) groups is 1. The Kier molecular flexibility index (Phi) is 6.51. The maximum absolute atomic E-state index is 5.86. The van der Waals surface area contributed by atoms with Gasteiger partial charge in [0, 0.05) is 12.6 Å². The molecule has 0 radical (unpaired) electrons. The first-order valence-electron chi connectivity index (χ1n) is 7.38. The van der Waals surface area contributed by atoms with Crippen LogP contribution in [0, 0.1) is 0 Å². The molecule has 1 aliphatic rings. The number of methoxy groups -OCH3 is 2. The molecule has 0 saturated heterocycles. The van der Waals surface area contributed by atoms with E-state index in [0.29, 0.717) is 18.4 Å². The molecule has 1 aromatic rings. The molecular formula is C16H25NO3S. The monoisotopic (exact) mass is 311 g/mol. The summed E-state index contributed by atoms with van der Waals surface area (Å²) in [7, 11) is 3.34. The number of rotatable bonds is 10. The van der Waals surface area contributed by atoms with Gasteiger partial charge in [-0.1, -0.05) is 0 Å². The van der Waals surface area contributed by atoms with Crippen molar-refractivity contribution in [3.05, 3.63) is 17.7 Å². The highest BCUT2D eigenvalue weighted by Gasteiger charge is 2.21. The predicted molar refractivity (Wildman–Crippen MR) is 87.9 cm³/mol. The maximum atomic E-state index is 5.86. The van der Waals surface area contributed by atoms with Gasteiger partial charge in [0.2, 0.25) is 5.75 Å². The Hall–Kier alpha value is -1.07. The minimum Gasteiger partial charge on any atom is -0.493 e. The standard InChI is InChI=1S/C16H25NO3S/c1-18-14-9-12(11-17-13-5-6-13)10-15(19-2)16(14)20-7-4-8-21-3/h9-10,13,17H,4-8,11H2,1-3H3. The molecular weight excluding hydrogens is 286 g/mol. The van der Waals surface area contributed by atoms with Crippen molar-refractivity contribution in [2.75, 3.05) is 32.8 Å². The van der Waals surface area contributed by atoms with Gasteiger partial charge in [-0.2, -0.15) is 11.8 Å². The molecule has 1 fully saturated rings. The first-order chi connectivity index (χ1) is 10.3. The molecule has 1 aliphatic carbocycles. The van der Waals surface area contributed by atoms with Gasteiger partial charge in [0.25, 0.3) is 0 Å². The summed E-state index contributed by atoms with van der Waals surface area (Å²) in [6.45, 7) is 1.51. The van der Waals surface area contributed by atoms with E-state index in [4.69, 9.17) is 14.2 Å². The van der Waals surface area contributed by atoms with Crippen molar-refractivity contribution < 1.29 is 14.2 Å². The summed E-state index contributed by atoms with van der Waals surface area (Å²) in [4.78, 5) is 0. The summed E-state index contributed by atoms with van der Waals surface area (Å²) in [5, 5.41) is 3.50. The first kappa shape index (κ1) is 16.3. The SMILES string of the molecule is COc1cc(CNC2CC2)cc(OC)c1OCCCSC. The molecule has 0 aromatic heterocycles. The molecule has 0 spiro atoms. The van der Waals surface area contributed by atoms with Crippen LogP contribution < -0.4 is 19.5 Å². The maximum Gasteiger partial charge on any atom is 0.203 e. The molecule has 0 heterocycles. The minimum atomic E-state index is 0.674. The summed E-state index contributed by atoms with van der Waals surface area (Å²) in [6.07, 6.45) is 5.68. The van der Waals surface area contributed by atoms with E-state index >= 15 is 0 Å². The van der Waals surface area contributed by atoms with Crippen LogP contribution in [0.4, 0.5) is 0 Å². The van der Waals surface area contributed by atoms with E-state index in [0.717, 1.165) is 35.8 Å². The molecule has 2 rings (SSSR count). The summed E-state index contributed by atoms with van der Waals surface area (Å²) in [6, 6.07) is 4.74. The molecule has 0 amide bonds. The van der Waals surface area contributed by atoms with Crippen LogP contribution in [0.25, 0.3) is 0 Å². The van der Waals surface area contributed by atoms with Crippen molar-refractivity contribution in [2.45, 2.75) is 31.8 Å². The summed E-state index contributed by atoms with van der Waals surface area (Å²) >= 11 is 1.82. The molecule has 5 heteroatoms. The lowest BCUT2D eigenvalue weighted by Crippen LogP contribution is -2.15. The zero-order valence-electron chi connectivity index (χ0n) is 13.1. The third-order valence-corrected chi connectivity index (χ3v) is 4.13. The van der Waals surface area contributed by atoms with Crippen molar-refractivity contribution >= 4 is 11.8 Å². The lowest BCUT2D eigenvalue weighted by molar-refractivity contribution is 0.275. The van der Waals surface area contributed by atoms with Crippen molar-refractivity contribution in [1.29, 1.82) is 0 Å². The van der Waals surface area contributed by atoms with Crippen molar-refractivity contribution in [3.63, 3.8) is 0 Å². The second-order valence-corrected chi connectivity index (χ2v) is 6.17. The van der Waals surface area contributed by atoms with Crippen LogP contribution in [-0.2, 0) is 6.54 Å². The molecule has 118 valence electrons. The normalized spacial score (nSPS) is 14.0. The number of hydrogen-bond donors (Lipinski definition) is 1. The van der Waals surface area contributed by atoms with E-state index in [1.807, 2.05) is 23.9 Å². The van der Waals surface area contributed by atoms with E-state index in [9.17, 15) is 0 Å². The Labute approximate surface area is 131 Å². The molecule has 0 atom stereocenters. The Bertz CT molecular complexity index is 424. The fraction of sp³-hybridized carbons (Fsp3) is 0.625. The van der Waals surface area contributed by atoms with E-state index in [1.54, 1.807) is 14.2 Å². The van der Waals surface area contributed by atoms with Gasteiger partial charge >= 0.3 is 0 Å². The van der Waals surface area contributed by atoms with Gasteiger partial charge in [-0.05, 0) is 49.0 Å². The Morgan fingerprint density at radius 3 is 2.38 bits per heavy atom. The lowest BCUT2D eigenvalue weighted by atomic mass is 10.1. The van der Waals surface area contributed by atoms with Gasteiger partial charge in [-0.25, -0.2) is 0 Å². The highest BCUT2D eigenvalue weighted by Crippen LogP contribution is 2.38. The third-order valence-electron chi connectivity index (χ3n) is 3.43. The average Bonchev–Trinajstić information content (AvgIpc) is 3.33. The number of benzene rings is 1. The van der Waals surface area contributed by atoms with Crippen LogP contribution >= 0.6 is 11.8 Å². The second-order valence-electron chi connectivity index (χ2n) is 5.18. The fourth-order valence-corrected chi connectivity index (χ4v) is 2.51. The van der Waals surface area contributed by atoms with Gasteiger partial charge in [0.15, 0.2) is 11.5 Å². The number of ether oxygens (including phenoxy) is 3. The van der Waals surface area contributed by atoms with E-state index in [1.165, 1.54) is 12.8 Å². The highest BCUT2D eigenvalue weighted by molar-refractivity contribution is 7.98. The second kappa shape index (κ2) is 8.39. The van der Waals surface area contributed by atoms with Gasteiger partial charge < -0.3 is 19.5 Å². The van der Waals surface area contributed by atoms with Crippen LogP contribution in [0.2, 0.25) is 0 Å². The number of nitrogens with one attached hydrogen (secondary N) is 1. The third kappa shape index (κ3) is 5.00. The average molecular weight is 311 g/mol. The smallest absolute Gasteiger partial charge is 0.203 e. The summed E-state index contributed by atoms with van der Waals surface area (Å²) in [5.41, 5.74) is 1.16. The molecule has 1 saturated carbocycles. The minimum absolute atomic E-state index is 0.674. The van der Waals surface area contributed by atoms with Crippen molar-refractivity contribution in [1.82, 2.24) is 5.32 Å². The first-order valence-corrected chi connectivity index (χ1v) is 8.78. The van der Waals surface area contributed by atoms with Gasteiger partial charge in [0.05, 0.1) is 20.8 Å². The van der Waals surface area contributed by atoms with E-state index < -0.39 is 0 Å². The fourth-order valence-electron chi connectivity index (χ4n) is 2.11. The largest absolute Gasteiger partial charge is 0.493 e. The van der Waals surface area contributed by atoms with Crippen LogP contribution in [0.5, 0.6) is 17.2 Å². The van der Waals surface area contributed by atoms with Crippen LogP contribution in [0.3, 0.4) is 0 Å². The summed E-state index contributed by atoms with van der Waals surface area (Å²) in [5.74, 6) is 3.28. The van der Waals surface area contributed by atoms with Gasteiger partial charge in [-0.15, -0.1) is 0 Å². The quantitative estimate of drug-likeness (QED) is 0.672. The highest BCUT2D eigenvalue weighted by atomic mass is 32.2.